The Morgan fingerprint density at radius 2 is 1.79 bits per heavy atom. The maximum atomic E-state index is 11.2. The van der Waals surface area contributed by atoms with E-state index in [1.165, 1.54) is 6.42 Å². The van der Waals surface area contributed by atoms with Crippen LogP contribution in [0.4, 0.5) is 0 Å². The van der Waals surface area contributed by atoms with E-state index in [9.17, 15) is 4.79 Å². The summed E-state index contributed by atoms with van der Waals surface area (Å²) in [5.41, 5.74) is 0. The topological polar surface area (TPSA) is 32.3 Å². The SMILES string of the molecule is CC(C)CC[C@@H](C)NCC(=O)N(C)C. The maximum Gasteiger partial charge on any atom is 0.236 e. The predicted molar refractivity (Wildman–Crippen MR) is 60.2 cm³/mol. The fourth-order valence-electron chi connectivity index (χ4n) is 1.11. The van der Waals surface area contributed by atoms with Crippen LogP contribution in [0.1, 0.15) is 33.6 Å². The van der Waals surface area contributed by atoms with Gasteiger partial charge in [-0.15, -0.1) is 0 Å². The Kier molecular flexibility index (Phi) is 6.54. The van der Waals surface area contributed by atoms with Gasteiger partial charge in [0.05, 0.1) is 6.54 Å². The van der Waals surface area contributed by atoms with Crippen molar-refractivity contribution in [2.75, 3.05) is 20.6 Å². The molecule has 84 valence electrons. The minimum absolute atomic E-state index is 0.140. The molecule has 0 bridgehead atoms. The number of carbonyl (C=O) groups excluding carboxylic acids is 1. The Labute approximate surface area is 87.9 Å². The molecule has 0 aliphatic heterocycles. The summed E-state index contributed by atoms with van der Waals surface area (Å²) < 4.78 is 0. The highest BCUT2D eigenvalue weighted by molar-refractivity contribution is 5.77. The summed E-state index contributed by atoms with van der Waals surface area (Å²) in [6.07, 6.45) is 2.35. The van der Waals surface area contributed by atoms with Crippen LogP contribution in [0.2, 0.25) is 0 Å². The van der Waals surface area contributed by atoms with E-state index in [0.717, 1.165) is 12.3 Å². The molecule has 1 amide bonds. The number of rotatable bonds is 6. The van der Waals surface area contributed by atoms with Gasteiger partial charge in [-0.25, -0.2) is 0 Å². The molecule has 0 saturated carbocycles. The van der Waals surface area contributed by atoms with Crippen molar-refractivity contribution >= 4 is 5.91 Å². The zero-order chi connectivity index (χ0) is 11.1. The molecule has 1 atom stereocenters. The van der Waals surface area contributed by atoms with Crippen molar-refractivity contribution in [2.45, 2.75) is 39.7 Å². The van der Waals surface area contributed by atoms with Crippen LogP contribution >= 0.6 is 0 Å². The molecule has 0 fully saturated rings. The Bertz CT molecular complexity index is 167. The fraction of sp³-hybridized carbons (Fsp3) is 0.909. The molecule has 0 aliphatic carbocycles. The van der Waals surface area contributed by atoms with Crippen LogP contribution in [0.5, 0.6) is 0 Å². The van der Waals surface area contributed by atoms with Gasteiger partial charge in [-0.05, 0) is 25.7 Å². The minimum Gasteiger partial charge on any atom is -0.348 e. The number of nitrogens with zero attached hydrogens (tertiary/aromatic N) is 1. The molecular weight excluding hydrogens is 176 g/mol. The van der Waals surface area contributed by atoms with Gasteiger partial charge in [-0.2, -0.15) is 0 Å². The molecule has 0 spiro atoms. The third-order valence-corrected chi connectivity index (χ3v) is 2.28. The second-order valence-corrected chi connectivity index (χ2v) is 4.54. The van der Waals surface area contributed by atoms with Crippen LogP contribution < -0.4 is 5.32 Å². The lowest BCUT2D eigenvalue weighted by Crippen LogP contribution is -2.37. The summed E-state index contributed by atoms with van der Waals surface area (Å²) in [6.45, 7) is 7.02. The highest BCUT2D eigenvalue weighted by Gasteiger charge is 2.07. The lowest BCUT2D eigenvalue weighted by atomic mass is 10.0. The number of nitrogens with one attached hydrogen (secondary N) is 1. The standard InChI is InChI=1S/C11H24N2O/c1-9(2)6-7-10(3)12-8-11(14)13(4)5/h9-10,12H,6-8H2,1-5H3/t10-/m1/s1. The van der Waals surface area contributed by atoms with E-state index in [1.54, 1.807) is 19.0 Å². The van der Waals surface area contributed by atoms with Crippen molar-refractivity contribution < 1.29 is 4.79 Å². The van der Waals surface area contributed by atoms with Crippen LogP contribution in [0.25, 0.3) is 0 Å². The average Bonchev–Trinajstić information content (AvgIpc) is 2.10. The molecule has 0 heterocycles. The molecule has 0 aromatic heterocycles. The van der Waals surface area contributed by atoms with Crippen molar-refractivity contribution in [3.8, 4) is 0 Å². The average molecular weight is 200 g/mol. The summed E-state index contributed by atoms with van der Waals surface area (Å²) in [7, 11) is 3.56. The van der Waals surface area contributed by atoms with E-state index in [0.29, 0.717) is 12.6 Å². The van der Waals surface area contributed by atoms with Crippen LogP contribution in [0.3, 0.4) is 0 Å². The van der Waals surface area contributed by atoms with Crippen LogP contribution in [0, 0.1) is 5.92 Å². The van der Waals surface area contributed by atoms with Crippen molar-refractivity contribution in [1.29, 1.82) is 0 Å². The second kappa shape index (κ2) is 6.82. The maximum absolute atomic E-state index is 11.2. The molecule has 0 aromatic carbocycles. The largest absolute Gasteiger partial charge is 0.348 e. The van der Waals surface area contributed by atoms with Gasteiger partial charge in [0.25, 0.3) is 0 Å². The highest BCUT2D eigenvalue weighted by Crippen LogP contribution is 2.05. The van der Waals surface area contributed by atoms with Crippen molar-refractivity contribution in [3.63, 3.8) is 0 Å². The molecule has 14 heavy (non-hydrogen) atoms. The quantitative estimate of drug-likeness (QED) is 0.704. The lowest BCUT2D eigenvalue weighted by Gasteiger charge is -2.16. The third-order valence-electron chi connectivity index (χ3n) is 2.28. The highest BCUT2D eigenvalue weighted by atomic mass is 16.2. The first-order chi connectivity index (χ1) is 6.43. The van der Waals surface area contributed by atoms with E-state index in [1.807, 2.05) is 0 Å². The van der Waals surface area contributed by atoms with Gasteiger partial charge < -0.3 is 10.2 Å². The van der Waals surface area contributed by atoms with Gasteiger partial charge in [-0.3, -0.25) is 4.79 Å². The van der Waals surface area contributed by atoms with Crippen molar-refractivity contribution in [3.05, 3.63) is 0 Å². The molecule has 0 aliphatic rings. The molecule has 3 nitrogen and oxygen atoms in total. The van der Waals surface area contributed by atoms with Gasteiger partial charge in [-0.1, -0.05) is 13.8 Å². The van der Waals surface area contributed by atoms with E-state index in [4.69, 9.17) is 0 Å². The zero-order valence-corrected chi connectivity index (χ0v) is 10.1. The van der Waals surface area contributed by atoms with E-state index < -0.39 is 0 Å². The molecule has 0 aromatic rings. The Hall–Kier alpha value is -0.570. The van der Waals surface area contributed by atoms with E-state index in [-0.39, 0.29) is 5.91 Å². The van der Waals surface area contributed by atoms with Gasteiger partial charge in [0.15, 0.2) is 0 Å². The van der Waals surface area contributed by atoms with Gasteiger partial charge >= 0.3 is 0 Å². The Morgan fingerprint density at radius 3 is 2.21 bits per heavy atom. The van der Waals surface area contributed by atoms with E-state index >= 15 is 0 Å². The number of amides is 1. The first kappa shape index (κ1) is 13.4. The second-order valence-electron chi connectivity index (χ2n) is 4.54. The smallest absolute Gasteiger partial charge is 0.236 e. The molecule has 3 heteroatoms. The normalized spacial score (nSPS) is 13.0. The Morgan fingerprint density at radius 1 is 1.21 bits per heavy atom. The van der Waals surface area contributed by atoms with Crippen molar-refractivity contribution in [1.82, 2.24) is 10.2 Å². The number of hydrogen-bond donors (Lipinski definition) is 1. The molecule has 0 unspecified atom stereocenters. The van der Waals surface area contributed by atoms with Crippen LogP contribution in [-0.2, 0) is 4.79 Å². The molecule has 1 N–H and O–H groups in total. The summed E-state index contributed by atoms with van der Waals surface area (Å²) in [5.74, 6) is 0.880. The fourth-order valence-corrected chi connectivity index (χ4v) is 1.11. The molecular formula is C11H24N2O. The summed E-state index contributed by atoms with van der Waals surface area (Å²) in [6, 6.07) is 0.432. The van der Waals surface area contributed by atoms with Crippen LogP contribution in [-0.4, -0.2) is 37.5 Å². The Balaban J connectivity index is 3.53. The first-order valence-electron chi connectivity index (χ1n) is 5.37. The molecule has 0 rings (SSSR count). The summed E-state index contributed by atoms with van der Waals surface area (Å²) in [4.78, 5) is 12.9. The third kappa shape index (κ3) is 6.89. The van der Waals surface area contributed by atoms with Gasteiger partial charge in [0.2, 0.25) is 5.91 Å². The number of carbonyl (C=O) groups is 1. The molecule has 0 saturated heterocycles. The van der Waals surface area contributed by atoms with Crippen molar-refractivity contribution in [2.24, 2.45) is 5.92 Å². The van der Waals surface area contributed by atoms with Crippen LogP contribution in [0.15, 0.2) is 0 Å². The predicted octanol–water partition coefficient (Wildman–Crippen LogP) is 1.49. The van der Waals surface area contributed by atoms with Gasteiger partial charge in [0.1, 0.15) is 0 Å². The minimum atomic E-state index is 0.140. The summed E-state index contributed by atoms with van der Waals surface area (Å²) in [5, 5.41) is 3.23. The monoisotopic (exact) mass is 200 g/mol. The summed E-state index contributed by atoms with van der Waals surface area (Å²) >= 11 is 0. The molecule has 0 radical (unpaired) electrons. The number of hydrogen-bond acceptors (Lipinski definition) is 2. The van der Waals surface area contributed by atoms with E-state index in [2.05, 4.69) is 26.1 Å². The van der Waals surface area contributed by atoms with Gasteiger partial charge in [0, 0.05) is 20.1 Å². The lowest BCUT2D eigenvalue weighted by molar-refractivity contribution is -0.127. The number of likely N-dealkylation sites (N-methyl/N-ethyl adjacent to an activating group) is 1. The zero-order valence-electron chi connectivity index (χ0n) is 10.1. The first-order valence-corrected chi connectivity index (χ1v) is 5.37.